The number of ether oxygens (including phenoxy) is 1. The number of rotatable bonds is 5. The number of nitrogens with zero attached hydrogens (tertiary/aromatic N) is 5. The number of halogens is 2. The summed E-state index contributed by atoms with van der Waals surface area (Å²) in [7, 11) is 1.85. The Labute approximate surface area is 193 Å². The Hall–Kier alpha value is -3.72. The molecular formula is C23H19ClFN5O3. The molecule has 10 heteroatoms. The molecule has 2 aromatic carbocycles. The summed E-state index contributed by atoms with van der Waals surface area (Å²) >= 11 is 6.25. The lowest BCUT2D eigenvalue weighted by Crippen LogP contribution is -2.39. The summed E-state index contributed by atoms with van der Waals surface area (Å²) < 4.78 is 26.2. The molecule has 1 amide bonds. The molecule has 0 atom stereocenters. The van der Waals surface area contributed by atoms with Gasteiger partial charge in [0.25, 0.3) is 11.8 Å². The van der Waals surface area contributed by atoms with Gasteiger partial charge in [-0.1, -0.05) is 23.7 Å². The van der Waals surface area contributed by atoms with E-state index in [2.05, 4.69) is 15.3 Å². The number of amides is 1. The Morgan fingerprint density at radius 3 is 2.70 bits per heavy atom. The molecule has 8 nitrogen and oxygen atoms in total. The highest BCUT2D eigenvalue weighted by Crippen LogP contribution is 2.32. The first-order chi connectivity index (χ1) is 16.0. The van der Waals surface area contributed by atoms with E-state index in [1.54, 1.807) is 21.7 Å². The molecule has 168 valence electrons. The summed E-state index contributed by atoms with van der Waals surface area (Å²) in [6.45, 7) is 0.730. The van der Waals surface area contributed by atoms with Crippen LogP contribution in [-0.4, -0.2) is 43.9 Å². The summed E-state index contributed by atoms with van der Waals surface area (Å²) in [4.78, 5) is 14.5. The molecule has 1 aliphatic heterocycles. The molecule has 0 saturated carbocycles. The lowest BCUT2D eigenvalue weighted by atomic mass is 10.0. The predicted octanol–water partition coefficient (Wildman–Crippen LogP) is 3.89. The van der Waals surface area contributed by atoms with Crippen molar-refractivity contribution >= 4 is 17.5 Å². The molecule has 3 heterocycles. The van der Waals surface area contributed by atoms with E-state index >= 15 is 0 Å². The van der Waals surface area contributed by atoms with E-state index in [0.717, 1.165) is 11.3 Å². The molecule has 4 aromatic rings. The monoisotopic (exact) mass is 467 g/mol. The van der Waals surface area contributed by atoms with E-state index in [4.69, 9.17) is 20.8 Å². The fourth-order valence-corrected chi connectivity index (χ4v) is 4.02. The molecule has 0 fully saturated rings. The SMILES string of the molecule is Cn1nc(-c2nnc(-c3ccccc3Cl)o2)c2c1CCN(C(=O)COc1ccc(F)cc1)C2. The van der Waals surface area contributed by atoms with Gasteiger partial charge in [-0.15, -0.1) is 10.2 Å². The maximum atomic E-state index is 13.1. The van der Waals surface area contributed by atoms with E-state index in [1.165, 1.54) is 24.3 Å². The summed E-state index contributed by atoms with van der Waals surface area (Å²) in [6.07, 6.45) is 0.632. The third-order valence-electron chi connectivity index (χ3n) is 5.50. The standard InChI is InChI=1S/C23H19ClFN5O3/c1-29-19-10-11-30(20(31)13-32-15-8-6-14(25)7-9-15)12-17(19)21(28-29)23-27-26-22(33-23)16-4-2-3-5-18(16)24/h2-9H,10-13H2,1H3. The first-order valence-corrected chi connectivity index (χ1v) is 10.7. The number of hydrogen-bond donors (Lipinski definition) is 0. The van der Waals surface area contributed by atoms with Gasteiger partial charge in [-0.05, 0) is 36.4 Å². The first-order valence-electron chi connectivity index (χ1n) is 10.3. The Bertz CT molecular complexity index is 1320. The third-order valence-corrected chi connectivity index (χ3v) is 5.83. The molecule has 5 rings (SSSR count). The van der Waals surface area contributed by atoms with Crippen LogP contribution in [0.1, 0.15) is 11.3 Å². The lowest BCUT2D eigenvalue weighted by molar-refractivity contribution is -0.134. The van der Waals surface area contributed by atoms with Crippen molar-refractivity contribution in [1.29, 1.82) is 0 Å². The molecule has 0 N–H and O–H groups in total. The van der Waals surface area contributed by atoms with Crippen LogP contribution in [0.4, 0.5) is 4.39 Å². The van der Waals surface area contributed by atoms with Gasteiger partial charge in [-0.2, -0.15) is 5.10 Å². The second-order valence-corrected chi connectivity index (χ2v) is 8.00. The summed E-state index contributed by atoms with van der Waals surface area (Å²) in [6, 6.07) is 12.8. The Morgan fingerprint density at radius 2 is 1.91 bits per heavy atom. The van der Waals surface area contributed by atoms with Crippen molar-refractivity contribution in [1.82, 2.24) is 24.9 Å². The van der Waals surface area contributed by atoms with Gasteiger partial charge in [0.15, 0.2) is 12.3 Å². The average Bonchev–Trinajstić information content (AvgIpc) is 3.43. The van der Waals surface area contributed by atoms with Crippen LogP contribution >= 0.6 is 11.6 Å². The largest absolute Gasteiger partial charge is 0.484 e. The molecular weight excluding hydrogens is 449 g/mol. The van der Waals surface area contributed by atoms with E-state index in [-0.39, 0.29) is 24.2 Å². The second kappa shape index (κ2) is 8.67. The number of hydrogen-bond acceptors (Lipinski definition) is 6. The lowest BCUT2D eigenvalue weighted by Gasteiger charge is -2.27. The number of aromatic nitrogens is 4. The number of benzene rings is 2. The molecule has 33 heavy (non-hydrogen) atoms. The molecule has 0 radical (unpaired) electrons. The van der Waals surface area contributed by atoms with E-state index in [0.29, 0.717) is 47.4 Å². The minimum absolute atomic E-state index is 0.145. The van der Waals surface area contributed by atoms with Crippen LogP contribution in [0.3, 0.4) is 0 Å². The molecule has 0 saturated heterocycles. The molecule has 0 spiro atoms. The fourth-order valence-electron chi connectivity index (χ4n) is 3.81. The van der Waals surface area contributed by atoms with E-state index < -0.39 is 0 Å². The highest BCUT2D eigenvalue weighted by molar-refractivity contribution is 6.33. The van der Waals surface area contributed by atoms with Gasteiger partial charge >= 0.3 is 0 Å². The Kier molecular flexibility index (Phi) is 5.55. The van der Waals surface area contributed by atoms with Crippen molar-refractivity contribution in [2.45, 2.75) is 13.0 Å². The number of fused-ring (bicyclic) bond motifs is 1. The summed E-state index contributed by atoms with van der Waals surface area (Å²) in [5.41, 5.74) is 3.03. The molecule has 0 aliphatic carbocycles. The van der Waals surface area contributed by atoms with Crippen molar-refractivity contribution < 1.29 is 18.3 Å². The molecule has 0 bridgehead atoms. The van der Waals surface area contributed by atoms with E-state index in [9.17, 15) is 9.18 Å². The van der Waals surface area contributed by atoms with Crippen LogP contribution in [0.5, 0.6) is 5.75 Å². The maximum Gasteiger partial charge on any atom is 0.268 e. The zero-order valence-corrected chi connectivity index (χ0v) is 18.4. The predicted molar refractivity (Wildman–Crippen MR) is 118 cm³/mol. The van der Waals surface area contributed by atoms with Crippen LogP contribution in [0.25, 0.3) is 23.0 Å². The van der Waals surface area contributed by atoms with Gasteiger partial charge in [0.2, 0.25) is 5.89 Å². The van der Waals surface area contributed by atoms with Crippen LogP contribution < -0.4 is 4.74 Å². The molecule has 1 aliphatic rings. The van der Waals surface area contributed by atoms with Crippen LogP contribution in [0.15, 0.2) is 52.9 Å². The molecule has 0 unspecified atom stereocenters. The maximum absolute atomic E-state index is 13.1. The summed E-state index contributed by atoms with van der Waals surface area (Å²) in [5, 5.41) is 13.4. The van der Waals surface area contributed by atoms with Crippen LogP contribution in [0, 0.1) is 5.82 Å². The quantitative estimate of drug-likeness (QED) is 0.442. The van der Waals surface area contributed by atoms with Crippen molar-refractivity contribution in [3.63, 3.8) is 0 Å². The zero-order valence-electron chi connectivity index (χ0n) is 17.7. The highest BCUT2D eigenvalue weighted by atomic mass is 35.5. The van der Waals surface area contributed by atoms with Crippen LogP contribution in [-0.2, 0) is 24.8 Å². The Morgan fingerprint density at radius 1 is 1.15 bits per heavy atom. The van der Waals surface area contributed by atoms with Gasteiger partial charge in [0.1, 0.15) is 11.6 Å². The number of carbonyl (C=O) groups is 1. The minimum atomic E-state index is -0.361. The van der Waals surface area contributed by atoms with E-state index in [1.807, 2.05) is 19.2 Å². The zero-order chi connectivity index (χ0) is 22.9. The summed E-state index contributed by atoms with van der Waals surface area (Å²) in [5.74, 6) is 0.453. The normalized spacial score (nSPS) is 13.1. The third kappa shape index (κ3) is 4.19. The van der Waals surface area contributed by atoms with Gasteiger partial charge in [0, 0.05) is 37.8 Å². The second-order valence-electron chi connectivity index (χ2n) is 7.60. The first kappa shape index (κ1) is 21.1. The highest BCUT2D eigenvalue weighted by Gasteiger charge is 2.29. The van der Waals surface area contributed by atoms with Gasteiger partial charge in [0.05, 0.1) is 10.6 Å². The van der Waals surface area contributed by atoms with Crippen molar-refractivity contribution in [3.05, 3.63) is 70.6 Å². The number of carbonyl (C=O) groups excluding carboxylic acids is 1. The smallest absolute Gasteiger partial charge is 0.268 e. The topological polar surface area (TPSA) is 86.3 Å². The van der Waals surface area contributed by atoms with Gasteiger partial charge < -0.3 is 14.1 Å². The molecule has 2 aromatic heterocycles. The van der Waals surface area contributed by atoms with Gasteiger partial charge in [-0.25, -0.2) is 4.39 Å². The van der Waals surface area contributed by atoms with Crippen molar-refractivity contribution in [2.24, 2.45) is 7.05 Å². The minimum Gasteiger partial charge on any atom is -0.484 e. The van der Waals surface area contributed by atoms with Crippen molar-refractivity contribution in [2.75, 3.05) is 13.2 Å². The average molecular weight is 468 g/mol. The van der Waals surface area contributed by atoms with Gasteiger partial charge in [-0.3, -0.25) is 9.48 Å². The Balaban J connectivity index is 1.35. The fraction of sp³-hybridized carbons (Fsp3) is 0.217. The van der Waals surface area contributed by atoms with Crippen molar-refractivity contribution in [3.8, 4) is 28.8 Å². The number of aryl methyl sites for hydroxylation is 1. The van der Waals surface area contributed by atoms with Crippen LogP contribution in [0.2, 0.25) is 5.02 Å².